The Bertz CT molecular complexity index is 240. The van der Waals surface area contributed by atoms with Crippen LogP contribution in [0.3, 0.4) is 0 Å². The fourth-order valence-corrected chi connectivity index (χ4v) is 1.00. The molecule has 0 aromatic carbocycles. The highest BCUT2D eigenvalue weighted by Crippen LogP contribution is 2.23. The van der Waals surface area contributed by atoms with Crippen molar-refractivity contribution in [3.05, 3.63) is 23.6 Å². The fraction of sp³-hybridized carbons (Fsp3) is 0.375. The molecule has 3 heteroatoms. The van der Waals surface area contributed by atoms with Crippen LogP contribution in [-0.4, -0.2) is 11.1 Å². The molecule has 0 aromatic rings. The van der Waals surface area contributed by atoms with Gasteiger partial charge < -0.3 is 5.11 Å². The Hall–Kier alpha value is -1.12. The van der Waals surface area contributed by atoms with E-state index in [2.05, 4.69) is 0 Å². The maximum absolute atomic E-state index is 12.7. The number of halogens is 1. The highest BCUT2D eigenvalue weighted by Gasteiger charge is 2.17. The maximum atomic E-state index is 12.7. The van der Waals surface area contributed by atoms with E-state index in [9.17, 15) is 9.18 Å². The van der Waals surface area contributed by atoms with E-state index in [1.165, 1.54) is 12.2 Å². The number of carbonyl (C=O) groups is 1. The summed E-state index contributed by atoms with van der Waals surface area (Å²) in [4.78, 5) is 10.4. The summed E-state index contributed by atoms with van der Waals surface area (Å²) < 4.78 is 12.7. The normalized spacial score (nSPS) is 24.0. The minimum atomic E-state index is -1.19. The van der Waals surface area contributed by atoms with E-state index in [1.807, 2.05) is 6.92 Å². The molecule has 0 spiro atoms. The van der Waals surface area contributed by atoms with Gasteiger partial charge in [0.2, 0.25) is 0 Å². The van der Waals surface area contributed by atoms with Crippen LogP contribution in [0.4, 0.5) is 4.39 Å². The minimum Gasteiger partial charge on any atom is -0.478 e. The fourth-order valence-electron chi connectivity index (χ4n) is 1.00. The van der Waals surface area contributed by atoms with Crippen LogP contribution in [0.25, 0.3) is 0 Å². The molecule has 0 fully saturated rings. The molecule has 0 radical (unpaired) electrons. The van der Waals surface area contributed by atoms with Crippen molar-refractivity contribution in [1.82, 2.24) is 0 Å². The number of hydrogen-bond donors (Lipinski definition) is 1. The van der Waals surface area contributed by atoms with Crippen molar-refractivity contribution in [2.75, 3.05) is 0 Å². The van der Waals surface area contributed by atoms with E-state index >= 15 is 0 Å². The lowest BCUT2D eigenvalue weighted by molar-refractivity contribution is -0.132. The van der Waals surface area contributed by atoms with Gasteiger partial charge in [-0.15, -0.1) is 0 Å². The first-order chi connectivity index (χ1) is 5.11. The first-order valence-corrected chi connectivity index (χ1v) is 3.42. The highest BCUT2D eigenvalue weighted by molar-refractivity contribution is 5.91. The molecule has 0 amide bonds. The molecule has 2 nitrogen and oxygen atoms in total. The molecule has 0 saturated heterocycles. The van der Waals surface area contributed by atoms with E-state index in [-0.39, 0.29) is 11.5 Å². The molecule has 1 rings (SSSR count). The van der Waals surface area contributed by atoms with Crippen LogP contribution < -0.4 is 0 Å². The van der Waals surface area contributed by atoms with Gasteiger partial charge >= 0.3 is 5.97 Å². The van der Waals surface area contributed by atoms with Crippen molar-refractivity contribution in [1.29, 1.82) is 0 Å². The number of rotatable bonds is 1. The first-order valence-electron chi connectivity index (χ1n) is 3.42. The zero-order valence-corrected chi connectivity index (χ0v) is 6.17. The average Bonchev–Trinajstić information content (AvgIpc) is 1.94. The van der Waals surface area contributed by atoms with Crippen molar-refractivity contribution >= 4 is 5.97 Å². The first kappa shape index (κ1) is 7.98. The summed E-state index contributed by atoms with van der Waals surface area (Å²) in [6.45, 7) is 1.85. The lowest BCUT2D eigenvalue weighted by Gasteiger charge is -2.10. The highest BCUT2D eigenvalue weighted by atomic mass is 19.1. The molecule has 0 heterocycles. The number of aliphatic carboxylic acids is 1. The lowest BCUT2D eigenvalue weighted by Crippen LogP contribution is -2.07. The zero-order valence-electron chi connectivity index (χ0n) is 6.17. The minimum absolute atomic E-state index is 0.126. The van der Waals surface area contributed by atoms with Gasteiger partial charge in [-0.2, -0.15) is 0 Å². The molecule has 11 heavy (non-hydrogen) atoms. The third-order valence-corrected chi connectivity index (χ3v) is 1.61. The van der Waals surface area contributed by atoms with Gasteiger partial charge in [0.25, 0.3) is 0 Å². The Kier molecular flexibility index (Phi) is 2.08. The molecule has 0 aromatic heterocycles. The van der Waals surface area contributed by atoms with Crippen molar-refractivity contribution in [2.45, 2.75) is 13.3 Å². The van der Waals surface area contributed by atoms with Gasteiger partial charge in [-0.1, -0.05) is 13.0 Å². The lowest BCUT2D eigenvalue weighted by atomic mass is 9.97. The molecule has 0 aliphatic heterocycles. The summed E-state index contributed by atoms with van der Waals surface area (Å²) in [6.07, 6.45) is 3.34. The largest absolute Gasteiger partial charge is 0.478 e. The monoisotopic (exact) mass is 156 g/mol. The maximum Gasteiger partial charge on any atom is 0.338 e. The summed E-state index contributed by atoms with van der Waals surface area (Å²) in [5.41, 5.74) is -0.205. The molecule has 1 aliphatic rings. The third-order valence-electron chi connectivity index (χ3n) is 1.61. The molecule has 0 bridgehead atoms. The van der Waals surface area contributed by atoms with E-state index in [1.54, 1.807) is 0 Å². The SMILES string of the molecule is CC1C=C(C(=O)O)C(F)=CC1. The summed E-state index contributed by atoms with van der Waals surface area (Å²) in [5, 5.41) is 8.48. The second kappa shape index (κ2) is 2.86. The van der Waals surface area contributed by atoms with E-state index in [4.69, 9.17) is 5.11 Å². The van der Waals surface area contributed by atoms with Crippen LogP contribution in [0.15, 0.2) is 23.6 Å². The number of allylic oxidation sites excluding steroid dienone is 2. The van der Waals surface area contributed by atoms with Crippen LogP contribution in [0.1, 0.15) is 13.3 Å². The van der Waals surface area contributed by atoms with Gasteiger partial charge in [0.1, 0.15) is 5.83 Å². The summed E-state index contributed by atoms with van der Waals surface area (Å²) in [7, 11) is 0. The standard InChI is InChI=1S/C8H9FO2/c1-5-2-3-7(9)6(4-5)8(10)11/h3-5H,2H2,1H3,(H,10,11). The second-order valence-corrected chi connectivity index (χ2v) is 2.65. The Labute approximate surface area is 64.0 Å². The predicted molar refractivity (Wildman–Crippen MR) is 38.7 cm³/mol. The summed E-state index contributed by atoms with van der Waals surface area (Å²) in [5.74, 6) is -1.68. The molecule has 0 saturated carbocycles. The van der Waals surface area contributed by atoms with Gasteiger partial charge in [-0.25, -0.2) is 9.18 Å². The van der Waals surface area contributed by atoms with E-state index in [0.29, 0.717) is 6.42 Å². The van der Waals surface area contributed by atoms with Gasteiger partial charge in [0, 0.05) is 0 Å². The average molecular weight is 156 g/mol. The van der Waals surface area contributed by atoms with Crippen LogP contribution in [0, 0.1) is 5.92 Å². The van der Waals surface area contributed by atoms with Crippen molar-refractivity contribution in [3.8, 4) is 0 Å². The Morgan fingerprint density at radius 3 is 2.91 bits per heavy atom. The van der Waals surface area contributed by atoms with Crippen molar-refractivity contribution in [2.24, 2.45) is 5.92 Å². The molecule has 1 N–H and O–H groups in total. The molecule has 1 aliphatic carbocycles. The second-order valence-electron chi connectivity index (χ2n) is 2.65. The number of carboxylic acids is 1. The molecule has 1 atom stereocenters. The van der Waals surface area contributed by atoms with Crippen molar-refractivity contribution in [3.63, 3.8) is 0 Å². The van der Waals surface area contributed by atoms with Crippen molar-refractivity contribution < 1.29 is 14.3 Å². The Morgan fingerprint density at radius 1 is 1.82 bits per heavy atom. The molecule has 60 valence electrons. The molecule has 1 unspecified atom stereocenters. The third kappa shape index (κ3) is 1.67. The Balaban J connectivity index is 2.90. The predicted octanol–water partition coefficient (Wildman–Crippen LogP) is 1.89. The van der Waals surface area contributed by atoms with Gasteiger partial charge in [0.15, 0.2) is 0 Å². The summed E-state index contributed by atoms with van der Waals surface area (Å²) in [6, 6.07) is 0. The van der Waals surface area contributed by atoms with Crippen LogP contribution in [0.2, 0.25) is 0 Å². The van der Waals surface area contributed by atoms with Gasteiger partial charge in [0.05, 0.1) is 5.57 Å². The van der Waals surface area contributed by atoms with E-state index < -0.39 is 11.8 Å². The number of carboxylic acid groups (broad SMARTS) is 1. The zero-order chi connectivity index (χ0) is 8.43. The molecular formula is C8H9FO2. The van der Waals surface area contributed by atoms with E-state index in [0.717, 1.165) is 0 Å². The van der Waals surface area contributed by atoms with Crippen LogP contribution >= 0.6 is 0 Å². The van der Waals surface area contributed by atoms with Gasteiger partial charge in [-0.05, 0) is 18.4 Å². The quantitative estimate of drug-likeness (QED) is 0.629. The van der Waals surface area contributed by atoms with Gasteiger partial charge in [-0.3, -0.25) is 0 Å². The molecular weight excluding hydrogens is 147 g/mol. The van der Waals surface area contributed by atoms with Crippen LogP contribution in [0.5, 0.6) is 0 Å². The van der Waals surface area contributed by atoms with Crippen LogP contribution in [-0.2, 0) is 4.79 Å². The smallest absolute Gasteiger partial charge is 0.338 e. The number of hydrogen-bond acceptors (Lipinski definition) is 1. The Morgan fingerprint density at radius 2 is 2.45 bits per heavy atom. The summed E-state index contributed by atoms with van der Waals surface area (Å²) >= 11 is 0. The topological polar surface area (TPSA) is 37.3 Å².